The zero-order valence-electron chi connectivity index (χ0n) is 20.7. The molecule has 0 radical (unpaired) electrons. The monoisotopic (exact) mass is 518 g/mol. The predicted octanol–water partition coefficient (Wildman–Crippen LogP) is 5.36. The van der Waals surface area contributed by atoms with E-state index >= 15 is 0 Å². The number of hydrogen-bond acceptors (Lipinski definition) is 7. The van der Waals surface area contributed by atoms with Crippen LogP contribution in [-0.4, -0.2) is 52.4 Å². The summed E-state index contributed by atoms with van der Waals surface area (Å²) in [5.41, 5.74) is 2.76. The van der Waals surface area contributed by atoms with E-state index in [2.05, 4.69) is 20.2 Å². The first-order valence-corrected chi connectivity index (χ1v) is 13.4. The molecule has 3 aromatic rings. The average molecular weight is 519 g/mol. The number of alkyl halides is 2. The first-order chi connectivity index (χ1) is 17.2. The summed E-state index contributed by atoms with van der Waals surface area (Å²) < 4.78 is 37.0. The van der Waals surface area contributed by atoms with E-state index in [9.17, 15) is 13.6 Å². The van der Waals surface area contributed by atoms with Crippen molar-refractivity contribution in [1.29, 1.82) is 0 Å². The standard InChI is InChI=1S/C26H32F2N4O3S/c1-16-29-20-5-3-4-19(23(20)35-16)24(33)30-18-8-6-17(7-9-18)10-12-32-13-11-22-21(14-32)31-25(36-22)34-15-26(2,27)28/h3-5,17-18H,6-15H2,1-2H3,(H,30,33). The minimum Gasteiger partial charge on any atom is -0.464 e. The highest BCUT2D eigenvalue weighted by molar-refractivity contribution is 7.13. The predicted molar refractivity (Wildman–Crippen MR) is 134 cm³/mol. The van der Waals surface area contributed by atoms with E-state index in [1.807, 2.05) is 12.1 Å². The fourth-order valence-electron chi connectivity index (χ4n) is 5.13. The highest BCUT2D eigenvalue weighted by atomic mass is 32.1. The molecule has 3 heterocycles. The maximum Gasteiger partial charge on any atom is 0.278 e. The Bertz CT molecular complexity index is 1210. The summed E-state index contributed by atoms with van der Waals surface area (Å²) in [4.78, 5) is 25.2. The normalized spacial score (nSPS) is 20.9. The van der Waals surface area contributed by atoms with Gasteiger partial charge in [0.2, 0.25) is 0 Å². The number of hydrogen-bond donors (Lipinski definition) is 1. The molecule has 1 aliphatic carbocycles. The molecule has 2 aliphatic rings. The molecular weight excluding hydrogens is 486 g/mol. The van der Waals surface area contributed by atoms with Gasteiger partial charge in [-0.2, -0.15) is 0 Å². The summed E-state index contributed by atoms with van der Waals surface area (Å²) in [6.07, 6.45) is 6.13. The summed E-state index contributed by atoms with van der Waals surface area (Å²) in [6, 6.07) is 5.65. The van der Waals surface area contributed by atoms with Gasteiger partial charge in [-0.25, -0.2) is 18.7 Å². The van der Waals surface area contributed by atoms with Crippen molar-refractivity contribution < 1.29 is 22.7 Å². The molecule has 10 heteroatoms. The molecule has 1 saturated carbocycles. The van der Waals surface area contributed by atoms with Crippen molar-refractivity contribution in [3.05, 3.63) is 40.2 Å². The largest absolute Gasteiger partial charge is 0.464 e. The SMILES string of the molecule is Cc1nc2cccc(C(=O)NC3CCC(CCN4CCc5sc(OCC(C)(F)F)nc5C4)CC3)c2o1. The van der Waals surface area contributed by atoms with Crippen LogP contribution >= 0.6 is 11.3 Å². The van der Waals surface area contributed by atoms with Crippen LogP contribution in [-0.2, 0) is 13.0 Å². The second-order valence-corrected chi connectivity index (χ2v) is 11.1. The number of thiazole rings is 1. The van der Waals surface area contributed by atoms with Gasteiger partial charge < -0.3 is 14.5 Å². The molecule has 1 aliphatic heterocycles. The quantitative estimate of drug-likeness (QED) is 0.432. The number of oxazole rings is 1. The van der Waals surface area contributed by atoms with Crippen LogP contribution in [0.4, 0.5) is 8.78 Å². The minimum atomic E-state index is -2.86. The van der Waals surface area contributed by atoms with E-state index in [1.165, 1.54) is 11.3 Å². The zero-order valence-corrected chi connectivity index (χ0v) is 21.5. The Morgan fingerprint density at radius 2 is 2.08 bits per heavy atom. The molecule has 1 amide bonds. The maximum absolute atomic E-state index is 13.1. The zero-order chi connectivity index (χ0) is 25.3. The fourth-order valence-corrected chi connectivity index (χ4v) is 6.04. The van der Waals surface area contributed by atoms with Crippen LogP contribution in [0.25, 0.3) is 11.1 Å². The van der Waals surface area contributed by atoms with Gasteiger partial charge >= 0.3 is 0 Å². The Balaban J connectivity index is 1.06. The van der Waals surface area contributed by atoms with E-state index in [0.29, 0.717) is 33.7 Å². The van der Waals surface area contributed by atoms with Crippen molar-refractivity contribution in [2.24, 2.45) is 5.92 Å². The molecule has 2 aromatic heterocycles. The Morgan fingerprint density at radius 3 is 2.86 bits per heavy atom. The van der Waals surface area contributed by atoms with Crippen LogP contribution in [0.5, 0.6) is 5.19 Å². The van der Waals surface area contributed by atoms with Crippen LogP contribution < -0.4 is 10.1 Å². The lowest BCUT2D eigenvalue weighted by Crippen LogP contribution is -2.38. The molecule has 0 spiro atoms. The Labute approximate surface area is 213 Å². The van der Waals surface area contributed by atoms with Gasteiger partial charge in [0.1, 0.15) is 5.52 Å². The van der Waals surface area contributed by atoms with Gasteiger partial charge in [-0.3, -0.25) is 9.69 Å². The number of fused-ring (bicyclic) bond motifs is 2. The summed E-state index contributed by atoms with van der Waals surface area (Å²) >= 11 is 1.39. The second-order valence-electron chi connectivity index (χ2n) is 10.1. The summed E-state index contributed by atoms with van der Waals surface area (Å²) in [7, 11) is 0. The minimum absolute atomic E-state index is 0.0985. The number of halogens is 2. The van der Waals surface area contributed by atoms with Crippen molar-refractivity contribution >= 4 is 28.3 Å². The van der Waals surface area contributed by atoms with Crippen LogP contribution in [0.15, 0.2) is 22.6 Å². The molecule has 0 saturated heterocycles. The molecule has 7 nitrogen and oxygen atoms in total. The lowest BCUT2D eigenvalue weighted by atomic mass is 9.84. The Kier molecular flexibility index (Phi) is 7.25. The highest BCUT2D eigenvalue weighted by Crippen LogP contribution is 2.32. The second kappa shape index (κ2) is 10.4. The van der Waals surface area contributed by atoms with Crippen molar-refractivity contribution in [2.75, 3.05) is 19.7 Å². The fraction of sp³-hybridized carbons (Fsp3) is 0.577. The van der Waals surface area contributed by atoms with Gasteiger partial charge in [-0.05, 0) is 63.1 Å². The Morgan fingerprint density at radius 1 is 1.28 bits per heavy atom. The van der Waals surface area contributed by atoms with Crippen molar-refractivity contribution in [1.82, 2.24) is 20.2 Å². The van der Waals surface area contributed by atoms with E-state index in [4.69, 9.17) is 9.15 Å². The smallest absolute Gasteiger partial charge is 0.278 e. The number of carbonyl (C=O) groups excluding carboxylic acids is 1. The maximum atomic E-state index is 13.1. The lowest BCUT2D eigenvalue weighted by Gasteiger charge is -2.32. The third kappa shape index (κ3) is 6.03. The van der Waals surface area contributed by atoms with Gasteiger partial charge in [0.05, 0.1) is 11.3 Å². The third-order valence-electron chi connectivity index (χ3n) is 7.04. The van der Waals surface area contributed by atoms with E-state index in [-0.39, 0.29) is 11.9 Å². The number of para-hydroxylation sites is 1. The van der Waals surface area contributed by atoms with Crippen LogP contribution in [0, 0.1) is 12.8 Å². The van der Waals surface area contributed by atoms with E-state index in [0.717, 1.165) is 75.7 Å². The molecule has 0 unspecified atom stereocenters. The number of amides is 1. The molecule has 1 fully saturated rings. The number of nitrogens with one attached hydrogen (secondary N) is 1. The molecule has 1 aromatic carbocycles. The van der Waals surface area contributed by atoms with E-state index < -0.39 is 12.5 Å². The molecule has 0 bridgehead atoms. The van der Waals surface area contributed by atoms with Gasteiger partial charge in [-0.15, -0.1) is 0 Å². The van der Waals surface area contributed by atoms with Crippen LogP contribution in [0.2, 0.25) is 0 Å². The number of carbonyl (C=O) groups is 1. The average Bonchev–Trinajstić information content (AvgIpc) is 3.43. The van der Waals surface area contributed by atoms with Crippen LogP contribution in [0.3, 0.4) is 0 Å². The molecule has 194 valence electrons. The number of nitrogens with zero attached hydrogens (tertiary/aromatic N) is 3. The van der Waals surface area contributed by atoms with Gasteiger partial charge in [0, 0.05) is 37.9 Å². The number of ether oxygens (including phenoxy) is 1. The lowest BCUT2D eigenvalue weighted by molar-refractivity contribution is -0.0230. The van der Waals surface area contributed by atoms with Gasteiger partial charge in [-0.1, -0.05) is 17.4 Å². The first-order valence-electron chi connectivity index (χ1n) is 12.6. The number of rotatable bonds is 8. The molecule has 0 atom stereocenters. The summed E-state index contributed by atoms with van der Waals surface area (Å²) in [5, 5.41) is 3.54. The van der Waals surface area contributed by atoms with Gasteiger partial charge in [0.15, 0.2) is 18.1 Å². The number of aryl methyl sites for hydroxylation is 1. The first kappa shape index (κ1) is 25.1. The van der Waals surface area contributed by atoms with Gasteiger partial charge in [0.25, 0.3) is 17.0 Å². The van der Waals surface area contributed by atoms with Crippen LogP contribution in [0.1, 0.15) is 65.8 Å². The van der Waals surface area contributed by atoms with Crippen molar-refractivity contribution in [3.63, 3.8) is 0 Å². The number of benzene rings is 1. The Hall–Kier alpha value is -2.59. The number of aromatic nitrogens is 2. The third-order valence-corrected chi connectivity index (χ3v) is 8.11. The molecule has 36 heavy (non-hydrogen) atoms. The molecular formula is C26H32F2N4O3S. The molecule has 5 rings (SSSR count). The topological polar surface area (TPSA) is 80.5 Å². The summed E-state index contributed by atoms with van der Waals surface area (Å²) in [5.74, 6) is -1.76. The summed E-state index contributed by atoms with van der Waals surface area (Å²) in [6.45, 7) is 4.69. The van der Waals surface area contributed by atoms with Crippen molar-refractivity contribution in [2.45, 2.75) is 70.9 Å². The highest BCUT2D eigenvalue weighted by Gasteiger charge is 2.27. The van der Waals surface area contributed by atoms with Crippen molar-refractivity contribution in [3.8, 4) is 5.19 Å². The molecule has 1 N–H and O–H groups in total. The van der Waals surface area contributed by atoms with E-state index in [1.54, 1.807) is 13.0 Å².